The molecular formula is C15H15Cl2N. The van der Waals surface area contributed by atoms with Crippen molar-refractivity contribution in [3.8, 4) is 0 Å². The van der Waals surface area contributed by atoms with Crippen LogP contribution in [0.15, 0.2) is 42.5 Å². The second-order valence-corrected chi connectivity index (χ2v) is 5.18. The Morgan fingerprint density at radius 2 is 1.78 bits per heavy atom. The van der Waals surface area contributed by atoms with Gasteiger partial charge in [-0.3, -0.25) is 0 Å². The Bertz CT molecular complexity index is 552. The zero-order chi connectivity index (χ0) is 13.1. The van der Waals surface area contributed by atoms with Crippen LogP contribution in [0.3, 0.4) is 0 Å². The van der Waals surface area contributed by atoms with Gasteiger partial charge < -0.3 is 5.32 Å². The summed E-state index contributed by atoms with van der Waals surface area (Å²) in [4.78, 5) is 0. The molecule has 1 nitrogen and oxygen atoms in total. The molecule has 0 aliphatic rings. The first-order valence-electron chi connectivity index (χ1n) is 5.85. The highest BCUT2D eigenvalue weighted by Gasteiger charge is 2.08. The van der Waals surface area contributed by atoms with E-state index in [1.54, 1.807) is 0 Å². The van der Waals surface area contributed by atoms with Crippen LogP contribution in [0.25, 0.3) is 0 Å². The molecule has 0 amide bonds. The lowest BCUT2D eigenvalue weighted by molar-refractivity contribution is 0.883. The molecule has 0 aromatic heterocycles. The number of rotatable bonds is 3. The van der Waals surface area contributed by atoms with Crippen LogP contribution < -0.4 is 5.32 Å². The fraction of sp³-hybridized carbons (Fsp3) is 0.200. The maximum Gasteiger partial charge on any atom is 0.0486 e. The van der Waals surface area contributed by atoms with Gasteiger partial charge in [0.1, 0.15) is 0 Å². The van der Waals surface area contributed by atoms with Crippen LogP contribution in [-0.4, -0.2) is 0 Å². The van der Waals surface area contributed by atoms with Gasteiger partial charge in [0.15, 0.2) is 0 Å². The molecule has 0 heterocycles. The van der Waals surface area contributed by atoms with E-state index >= 15 is 0 Å². The monoisotopic (exact) mass is 279 g/mol. The van der Waals surface area contributed by atoms with Gasteiger partial charge in [-0.2, -0.15) is 0 Å². The van der Waals surface area contributed by atoms with Crippen LogP contribution in [0.5, 0.6) is 0 Å². The number of nitrogens with one attached hydrogen (secondary N) is 1. The Morgan fingerprint density at radius 1 is 1.06 bits per heavy atom. The fourth-order valence-corrected chi connectivity index (χ4v) is 2.23. The van der Waals surface area contributed by atoms with Gasteiger partial charge in [-0.15, -0.1) is 0 Å². The predicted molar refractivity (Wildman–Crippen MR) is 79.7 cm³/mol. The third kappa shape index (κ3) is 2.98. The molecule has 0 saturated heterocycles. The van der Waals surface area contributed by atoms with Crippen molar-refractivity contribution in [2.75, 3.05) is 5.32 Å². The highest BCUT2D eigenvalue weighted by molar-refractivity contribution is 6.31. The zero-order valence-corrected chi connectivity index (χ0v) is 11.9. The summed E-state index contributed by atoms with van der Waals surface area (Å²) in [6, 6.07) is 13.9. The summed E-state index contributed by atoms with van der Waals surface area (Å²) in [5.41, 5.74) is 3.27. The molecule has 2 aromatic carbocycles. The molecule has 0 aliphatic carbocycles. The van der Waals surface area contributed by atoms with E-state index in [1.165, 1.54) is 0 Å². The van der Waals surface area contributed by atoms with Gasteiger partial charge in [0.05, 0.1) is 0 Å². The van der Waals surface area contributed by atoms with Crippen LogP contribution in [-0.2, 0) is 0 Å². The van der Waals surface area contributed by atoms with Crippen molar-refractivity contribution in [1.29, 1.82) is 0 Å². The summed E-state index contributed by atoms with van der Waals surface area (Å²) in [6.07, 6.45) is 0. The standard InChI is InChI=1S/C15H15Cl2N/c1-10-14(17)7-4-8-15(10)18-11(2)12-5-3-6-13(16)9-12/h3-9,11,18H,1-2H3. The number of anilines is 1. The molecule has 18 heavy (non-hydrogen) atoms. The molecule has 0 bridgehead atoms. The smallest absolute Gasteiger partial charge is 0.0486 e. The van der Waals surface area contributed by atoms with Crippen LogP contribution in [0.2, 0.25) is 10.0 Å². The van der Waals surface area contributed by atoms with E-state index in [0.717, 1.165) is 26.9 Å². The van der Waals surface area contributed by atoms with E-state index in [9.17, 15) is 0 Å². The Labute approximate surface area is 118 Å². The SMILES string of the molecule is Cc1c(Cl)cccc1NC(C)c1cccc(Cl)c1. The minimum Gasteiger partial charge on any atom is -0.378 e. The number of hydrogen-bond acceptors (Lipinski definition) is 1. The predicted octanol–water partition coefficient (Wildman–Crippen LogP) is 5.47. The van der Waals surface area contributed by atoms with Crippen molar-refractivity contribution in [3.05, 3.63) is 63.6 Å². The molecule has 1 unspecified atom stereocenters. The summed E-state index contributed by atoms with van der Waals surface area (Å²) in [6.45, 7) is 4.11. The van der Waals surface area contributed by atoms with E-state index < -0.39 is 0 Å². The van der Waals surface area contributed by atoms with Crippen LogP contribution >= 0.6 is 23.2 Å². The molecule has 0 radical (unpaired) electrons. The van der Waals surface area contributed by atoms with Crippen molar-refractivity contribution in [2.45, 2.75) is 19.9 Å². The number of halogens is 2. The van der Waals surface area contributed by atoms with Crippen molar-refractivity contribution in [3.63, 3.8) is 0 Å². The average molecular weight is 280 g/mol. The Kier molecular flexibility index (Phi) is 4.15. The second-order valence-electron chi connectivity index (χ2n) is 4.33. The topological polar surface area (TPSA) is 12.0 Å². The summed E-state index contributed by atoms with van der Waals surface area (Å²) in [5, 5.41) is 4.98. The Morgan fingerprint density at radius 3 is 2.50 bits per heavy atom. The van der Waals surface area contributed by atoms with E-state index in [0.29, 0.717) is 0 Å². The van der Waals surface area contributed by atoms with E-state index in [-0.39, 0.29) is 6.04 Å². The highest BCUT2D eigenvalue weighted by Crippen LogP contribution is 2.27. The molecular weight excluding hydrogens is 265 g/mol. The molecule has 1 atom stereocenters. The Balaban J connectivity index is 2.21. The second kappa shape index (κ2) is 5.64. The van der Waals surface area contributed by atoms with Crippen LogP contribution in [0.1, 0.15) is 24.1 Å². The number of benzene rings is 2. The first-order chi connectivity index (χ1) is 8.58. The quantitative estimate of drug-likeness (QED) is 0.785. The van der Waals surface area contributed by atoms with Gasteiger partial charge in [0, 0.05) is 21.8 Å². The molecule has 0 fully saturated rings. The normalized spacial score (nSPS) is 12.2. The van der Waals surface area contributed by atoms with Gasteiger partial charge in [0.2, 0.25) is 0 Å². The third-order valence-corrected chi connectivity index (χ3v) is 3.63. The summed E-state index contributed by atoms with van der Waals surface area (Å²) < 4.78 is 0. The minimum absolute atomic E-state index is 0.181. The highest BCUT2D eigenvalue weighted by atomic mass is 35.5. The third-order valence-electron chi connectivity index (χ3n) is 2.99. The molecule has 0 spiro atoms. The van der Waals surface area contributed by atoms with Crippen LogP contribution in [0, 0.1) is 6.92 Å². The minimum atomic E-state index is 0.181. The molecule has 0 saturated carbocycles. The Hall–Kier alpha value is -1.18. The molecule has 2 aromatic rings. The molecule has 0 aliphatic heterocycles. The number of hydrogen-bond donors (Lipinski definition) is 1. The summed E-state index contributed by atoms with van der Waals surface area (Å²) in [5.74, 6) is 0. The van der Waals surface area contributed by atoms with Crippen LogP contribution in [0.4, 0.5) is 5.69 Å². The molecule has 2 rings (SSSR count). The lowest BCUT2D eigenvalue weighted by Gasteiger charge is -2.18. The van der Waals surface area contributed by atoms with E-state index in [4.69, 9.17) is 23.2 Å². The van der Waals surface area contributed by atoms with Gasteiger partial charge in [0.25, 0.3) is 0 Å². The molecule has 94 valence electrons. The maximum atomic E-state index is 6.11. The first-order valence-corrected chi connectivity index (χ1v) is 6.60. The summed E-state index contributed by atoms with van der Waals surface area (Å²) in [7, 11) is 0. The van der Waals surface area contributed by atoms with Gasteiger partial charge in [-0.1, -0.05) is 41.4 Å². The van der Waals surface area contributed by atoms with Gasteiger partial charge >= 0.3 is 0 Å². The molecule has 3 heteroatoms. The first kappa shape index (κ1) is 13.3. The lowest BCUT2D eigenvalue weighted by Crippen LogP contribution is -2.07. The summed E-state index contributed by atoms with van der Waals surface area (Å²) >= 11 is 12.1. The van der Waals surface area contributed by atoms with Crippen molar-refractivity contribution < 1.29 is 0 Å². The lowest BCUT2D eigenvalue weighted by atomic mass is 10.1. The van der Waals surface area contributed by atoms with E-state index in [2.05, 4.69) is 18.3 Å². The van der Waals surface area contributed by atoms with Gasteiger partial charge in [-0.05, 0) is 49.2 Å². The van der Waals surface area contributed by atoms with Crippen molar-refractivity contribution in [1.82, 2.24) is 0 Å². The zero-order valence-electron chi connectivity index (χ0n) is 10.4. The van der Waals surface area contributed by atoms with Crippen molar-refractivity contribution >= 4 is 28.9 Å². The van der Waals surface area contributed by atoms with E-state index in [1.807, 2.05) is 43.3 Å². The van der Waals surface area contributed by atoms with Gasteiger partial charge in [-0.25, -0.2) is 0 Å². The maximum absolute atomic E-state index is 6.11. The largest absolute Gasteiger partial charge is 0.378 e. The average Bonchev–Trinajstić information content (AvgIpc) is 2.35. The van der Waals surface area contributed by atoms with Crippen molar-refractivity contribution in [2.24, 2.45) is 0 Å². The molecule has 1 N–H and O–H groups in total. The fourth-order valence-electron chi connectivity index (χ4n) is 1.86.